The Labute approximate surface area is 252 Å². The van der Waals surface area contributed by atoms with Gasteiger partial charge in [-0.3, -0.25) is 9.59 Å². The normalized spacial score (nSPS) is 21.3. The van der Waals surface area contributed by atoms with Crippen LogP contribution in [0.4, 0.5) is 17.1 Å². The van der Waals surface area contributed by atoms with Crippen molar-refractivity contribution >= 4 is 35.2 Å². The second kappa shape index (κ2) is 12.4. The van der Waals surface area contributed by atoms with Crippen molar-refractivity contribution in [2.75, 3.05) is 31.7 Å². The van der Waals surface area contributed by atoms with Gasteiger partial charge in [0.25, 0.3) is 6.47 Å². The lowest BCUT2D eigenvalue weighted by Crippen LogP contribution is -2.39. The third kappa shape index (κ3) is 5.19. The van der Waals surface area contributed by atoms with Crippen LogP contribution in [0.3, 0.4) is 0 Å². The molecular formula is C34H35N4O5+. The van der Waals surface area contributed by atoms with Crippen LogP contribution in [-0.4, -0.2) is 54.6 Å². The number of aliphatic carboxylic acids is 1. The van der Waals surface area contributed by atoms with E-state index in [0.717, 1.165) is 22.5 Å². The topological polar surface area (TPSA) is 107 Å². The van der Waals surface area contributed by atoms with Gasteiger partial charge in [0.05, 0.1) is 31.3 Å². The number of ether oxygens (including phenoxy) is 2. The smallest absolute Gasteiger partial charge is 0.309 e. The Balaban J connectivity index is 2.14. The van der Waals surface area contributed by atoms with E-state index in [1.54, 1.807) is 19.3 Å². The molecule has 0 fully saturated rings. The Morgan fingerprint density at radius 2 is 1.88 bits per heavy atom. The quantitative estimate of drug-likeness (QED) is 0.0780. The molecule has 0 amide bonds. The molecule has 43 heavy (non-hydrogen) atoms. The average molecular weight is 580 g/mol. The molecule has 4 rings (SSSR count). The molecule has 0 radical (unpaired) electrons. The number of carboxylic acids is 1. The van der Waals surface area contributed by atoms with Crippen molar-refractivity contribution in [3.8, 4) is 11.8 Å². The zero-order valence-corrected chi connectivity index (χ0v) is 24.7. The van der Waals surface area contributed by atoms with E-state index in [4.69, 9.17) is 16.0 Å². The Morgan fingerprint density at radius 1 is 1.16 bits per heavy atom. The highest BCUT2D eigenvalue weighted by Gasteiger charge is 2.54. The second-order valence-electron chi connectivity index (χ2n) is 10.9. The van der Waals surface area contributed by atoms with E-state index in [-0.39, 0.29) is 26.1 Å². The summed E-state index contributed by atoms with van der Waals surface area (Å²) in [6.45, 7) is 20.6. The number of rotatable bonds is 13. The largest absolute Gasteiger partial charge is 0.497 e. The highest BCUT2D eigenvalue weighted by Crippen LogP contribution is 2.54. The number of carbonyl (C=O) groups is 2. The number of hydrogen-bond donors (Lipinski definition) is 1. The summed E-state index contributed by atoms with van der Waals surface area (Å²) in [4.78, 5) is 28.6. The Kier molecular flexibility index (Phi) is 8.87. The van der Waals surface area contributed by atoms with Crippen LogP contribution in [0.2, 0.25) is 0 Å². The van der Waals surface area contributed by atoms with Crippen molar-refractivity contribution in [2.45, 2.75) is 43.9 Å². The molecular weight excluding hydrogens is 544 g/mol. The summed E-state index contributed by atoms with van der Waals surface area (Å²) in [5.41, 5.74) is 3.95. The monoisotopic (exact) mass is 579 g/mol. The average Bonchev–Trinajstić information content (AvgIpc) is 3.37. The fourth-order valence-corrected chi connectivity index (χ4v) is 6.58. The fraction of sp³-hybridized carbons (Fsp3) is 0.324. The van der Waals surface area contributed by atoms with Crippen LogP contribution in [0.1, 0.15) is 44.2 Å². The highest BCUT2D eigenvalue weighted by atomic mass is 16.5. The summed E-state index contributed by atoms with van der Waals surface area (Å²) in [5, 5.41) is 20.8. The zero-order chi connectivity index (χ0) is 31.4. The van der Waals surface area contributed by atoms with E-state index in [1.165, 1.54) is 0 Å². The van der Waals surface area contributed by atoms with Gasteiger partial charge < -0.3 is 19.5 Å². The van der Waals surface area contributed by atoms with Gasteiger partial charge >= 0.3 is 5.97 Å². The number of methoxy groups -OCH3 is 1. The van der Waals surface area contributed by atoms with E-state index < -0.39 is 16.8 Å². The maximum atomic E-state index is 11.8. The molecule has 2 atom stereocenters. The molecule has 0 aromatic heterocycles. The van der Waals surface area contributed by atoms with E-state index >= 15 is 0 Å². The fourth-order valence-electron chi connectivity index (χ4n) is 6.58. The summed E-state index contributed by atoms with van der Waals surface area (Å²) < 4.78 is 12.6. The first-order valence-electron chi connectivity index (χ1n) is 13.9. The molecule has 1 N–H and O–H groups in total. The van der Waals surface area contributed by atoms with Crippen molar-refractivity contribution in [2.24, 2.45) is 0 Å². The summed E-state index contributed by atoms with van der Waals surface area (Å²) >= 11 is 0. The van der Waals surface area contributed by atoms with E-state index in [9.17, 15) is 20.0 Å². The van der Waals surface area contributed by atoms with Crippen molar-refractivity contribution in [3.05, 3.63) is 95.5 Å². The first kappa shape index (κ1) is 30.8. The van der Waals surface area contributed by atoms with Crippen LogP contribution in [0.25, 0.3) is 4.85 Å². The van der Waals surface area contributed by atoms with E-state index in [2.05, 4.69) is 24.1 Å². The molecule has 2 aliphatic heterocycles. The van der Waals surface area contributed by atoms with Crippen molar-refractivity contribution in [3.63, 3.8) is 0 Å². The minimum Gasteiger partial charge on any atom is -0.497 e. The number of benzene rings is 2. The molecule has 0 saturated heterocycles. The maximum absolute atomic E-state index is 11.8. The number of anilines is 1. The molecule has 0 spiro atoms. The third-order valence-corrected chi connectivity index (χ3v) is 8.41. The molecule has 2 unspecified atom stereocenters. The van der Waals surface area contributed by atoms with Gasteiger partial charge in [-0.25, -0.2) is 4.85 Å². The molecule has 2 aromatic carbocycles. The molecule has 2 aliphatic rings. The number of carbonyl (C=O) groups excluding carboxylic acids is 1. The summed E-state index contributed by atoms with van der Waals surface area (Å²) in [6.07, 6.45) is 4.34. The summed E-state index contributed by atoms with van der Waals surface area (Å²) in [7, 11) is 1.60. The van der Waals surface area contributed by atoms with Crippen molar-refractivity contribution < 1.29 is 28.7 Å². The van der Waals surface area contributed by atoms with E-state index in [1.807, 2.05) is 59.7 Å². The molecule has 2 heterocycles. The number of nitrogens with zero attached hydrogens (tertiary/aromatic N) is 4. The van der Waals surface area contributed by atoms with E-state index in [0.29, 0.717) is 47.7 Å². The lowest BCUT2D eigenvalue weighted by atomic mass is 9.71. The standard InChI is InChI=1S/C34H34N4O5/c1-7-14-33(3)26-19-23(36-5)9-11-28(26)37(16-13-30(40)41)31(33)25(21-35)32-34(4,15-8-2)27-20-24(42-6)10-12-29(27)38(32)17-18-43-22-39/h7-12,19-20,22H,1-2,13-18H2,3-4,6H3/p+1. The first-order valence-corrected chi connectivity index (χ1v) is 13.9. The van der Waals surface area contributed by atoms with Crippen molar-refractivity contribution in [1.82, 2.24) is 0 Å². The molecule has 9 nitrogen and oxygen atoms in total. The Hall–Kier alpha value is -5.15. The number of nitriles is 1. The van der Waals surface area contributed by atoms with Gasteiger partial charge in [0.1, 0.15) is 30.4 Å². The molecule has 0 saturated carbocycles. The van der Waals surface area contributed by atoms with Crippen LogP contribution < -0.4 is 9.64 Å². The molecule has 9 heteroatoms. The van der Waals surface area contributed by atoms with Crippen molar-refractivity contribution in [1.29, 1.82) is 5.26 Å². The number of allylic oxidation sites excluding steroid dienone is 4. The van der Waals surface area contributed by atoms with Crippen LogP contribution in [0.5, 0.6) is 5.75 Å². The SMILES string of the molecule is [C-]#[N+]c1ccc2c(c1)C(C)(CC=C)C(/C(C#N)=C1/N(CCOC=O)c3ccc(OC)cc3C1(C)CC=C)=[N+]2CCC(=O)O. The predicted octanol–water partition coefficient (Wildman–Crippen LogP) is 5.96. The Morgan fingerprint density at radius 3 is 2.49 bits per heavy atom. The lowest BCUT2D eigenvalue weighted by Gasteiger charge is -2.32. The minimum absolute atomic E-state index is 0.0813. The van der Waals surface area contributed by atoms with Crippen LogP contribution in [0.15, 0.2) is 73.0 Å². The van der Waals surface area contributed by atoms with Gasteiger partial charge in [-0.15, -0.1) is 13.2 Å². The number of carboxylic acid groups (broad SMARTS) is 1. The maximum Gasteiger partial charge on any atom is 0.309 e. The van der Waals surface area contributed by atoms with Crippen LogP contribution >= 0.6 is 0 Å². The van der Waals surface area contributed by atoms with Gasteiger partial charge in [-0.05, 0) is 68.7 Å². The lowest BCUT2D eigenvalue weighted by molar-refractivity contribution is -0.437. The zero-order valence-electron chi connectivity index (χ0n) is 24.7. The van der Waals surface area contributed by atoms with Gasteiger partial charge in [0.15, 0.2) is 12.2 Å². The molecule has 0 aliphatic carbocycles. The summed E-state index contributed by atoms with van der Waals surface area (Å²) in [5.74, 6) is -0.309. The third-order valence-electron chi connectivity index (χ3n) is 8.41. The first-order chi connectivity index (χ1) is 20.6. The highest BCUT2D eigenvalue weighted by molar-refractivity contribution is 6.11. The minimum atomic E-state index is -0.966. The molecule has 220 valence electrons. The van der Waals surface area contributed by atoms with Gasteiger partial charge in [-0.2, -0.15) is 9.84 Å². The van der Waals surface area contributed by atoms with Gasteiger partial charge in [-0.1, -0.05) is 12.2 Å². The van der Waals surface area contributed by atoms with Crippen LogP contribution in [0, 0.1) is 17.9 Å². The van der Waals surface area contributed by atoms with Gasteiger partial charge in [0.2, 0.25) is 11.4 Å². The predicted molar refractivity (Wildman–Crippen MR) is 164 cm³/mol. The number of fused-ring (bicyclic) bond motifs is 2. The Bertz CT molecular complexity index is 1640. The second-order valence-corrected chi connectivity index (χ2v) is 10.9. The van der Waals surface area contributed by atoms with Gasteiger partial charge in [0, 0.05) is 16.7 Å². The molecule has 2 aromatic rings. The van der Waals surface area contributed by atoms with Crippen LogP contribution in [-0.2, 0) is 25.2 Å². The number of hydrogen-bond acceptors (Lipinski definition) is 6. The summed E-state index contributed by atoms with van der Waals surface area (Å²) in [6, 6.07) is 13.6. The molecule has 0 bridgehead atoms.